The Hall–Kier alpha value is -1.88. The molecule has 0 bridgehead atoms. The summed E-state index contributed by atoms with van der Waals surface area (Å²) in [6.45, 7) is 5.44. The molecule has 1 aliphatic rings. The van der Waals surface area contributed by atoms with Crippen LogP contribution in [0.3, 0.4) is 0 Å². The van der Waals surface area contributed by atoms with Gasteiger partial charge in [-0.25, -0.2) is 4.98 Å². The summed E-state index contributed by atoms with van der Waals surface area (Å²) in [6.07, 6.45) is 11.8. The summed E-state index contributed by atoms with van der Waals surface area (Å²) in [7, 11) is 0. The van der Waals surface area contributed by atoms with E-state index in [1.54, 1.807) is 0 Å². The Morgan fingerprint density at radius 3 is 2.62 bits per heavy atom. The molecular formula is C16H23N5. The maximum Gasteiger partial charge on any atom is 0.0946 e. The molecule has 112 valence electrons. The van der Waals surface area contributed by atoms with Crippen LogP contribution >= 0.6 is 0 Å². The first-order valence-corrected chi connectivity index (χ1v) is 7.68. The third kappa shape index (κ3) is 3.82. The average molecular weight is 285 g/mol. The zero-order chi connectivity index (χ0) is 14.5. The number of piperidine rings is 1. The van der Waals surface area contributed by atoms with Gasteiger partial charge in [0, 0.05) is 62.2 Å². The number of pyridine rings is 1. The van der Waals surface area contributed by atoms with Crippen LogP contribution in [0.25, 0.3) is 0 Å². The van der Waals surface area contributed by atoms with Crippen molar-refractivity contribution in [3.05, 3.63) is 43.2 Å². The molecule has 0 amide bonds. The van der Waals surface area contributed by atoms with Gasteiger partial charge in [0.15, 0.2) is 0 Å². The molecule has 1 unspecified atom stereocenters. The van der Waals surface area contributed by atoms with Crippen molar-refractivity contribution in [3.8, 4) is 0 Å². The van der Waals surface area contributed by atoms with Crippen molar-refractivity contribution in [3.63, 3.8) is 0 Å². The second-order valence-corrected chi connectivity index (χ2v) is 5.79. The van der Waals surface area contributed by atoms with Crippen LogP contribution in [0.5, 0.6) is 0 Å². The van der Waals surface area contributed by atoms with E-state index in [9.17, 15) is 0 Å². The number of anilines is 1. The first kappa shape index (κ1) is 14.1. The molecule has 5 nitrogen and oxygen atoms in total. The molecular weight excluding hydrogens is 262 g/mol. The van der Waals surface area contributed by atoms with Gasteiger partial charge < -0.3 is 14.8 Å². The molecule has 0 saturated carbocycles. The molecule has 21 heavy (non-hydrogen) atoms. The van der Waals surface area contributed by atoms with Crippen molar-refractivity contribution >= 4 is 5.69 Å². The summed E-state index contributed by atoms with van der Waals surface area (Å²) in [6, 6.07) is 5.27. The van der Waals surface area contributed by atoms with Crippen LogP contribution in [-0.2, 0) is 6.54 Å². The van der Waals surface area contributed by atoms with E-state index < -0.39 is 0 Å². The molecule has 0 spiro atoms. The summed E-state index contributed by atoms with van der Waals surface area (Å²) in [5, 5.41) is 3.74. The van der Waals surface area contributed by atoms with Crippen LogP contribution in [-0.4, -0.2) is 39.7 Å². The highest BCUT2D eigenvalue weighted by molar-refractivity contribution is 5.44. The van der Waals surface area contributed by atoms with Gasteiger partial charge in [0.2, 0.25) is 0 Å². The van der Waals surface area contributed by atoms with E-state index in [0.29, 0.717) is 12.1 Å². The predicted octanol–water partition coefficient (Wildman–Crippen LogP) is 1.93. The van der Waals surface area contributed by atoms with Gasteiger partial charge in [-0.2, -0.15) is 0 Å². The normalized spacial score (nSPS) is 17.9. The fourth-order valence-electron chi connectivity index (χ4n) is 3.03. The van der Waals surface area contributed by atoms with Gasteiger partial charge in [0.05, 0.1) is 6.33 Å². The first-order valence-electron chi connectivity index (χ1n) is 7.68. The quantitative estimate of drug-likeness (QED) is 0.912. The summed E-state index contributed by atoms with van der Waals surface area (Å²) in [5.74, 6) is 0. The zero-order valence-electron chi connectivity index (χ0n) is 12.5. The molecule has 2 aromatic rings. The lowest BCUT2D eigenvalue weighted by atomic mass is 10.0. The van der Waals surface area contributed by atoms with Gasteiger partial charge in [0.25, 0.3) is 0 Å². The van der Waals surface area contributed by atoms with Crippen LogP contribution < -0.4 is 10.2 Å². The van der Waals surface area contributed by atoms with Gasteiger partial charge in [-0.15, -0.1) is 0 Å². The minimum absolute atomic E-state index is 0.469. The molecule has 5 heteroatoms. The number of hydrogen-bond donors (Lipinski definition) is 1. The molecule has 1 saturated heterocycles. The van der Waals surface area contributed by atoms with E-state index in [1.807, 2.05) is 31.1 Å². The minimum atomic E-state index is 0.469. The zero-order valence-corrected chi connectivity index (χ0v) is 12.5. The molecule has 1 atom stereocenters. The van der Waals surface area contributed by atoms with Crippen molar-refractivity contribution in [1.82, 2.24) is 19.9 Å². The lowest BCUT2D eigenvalue weighted by Crippen LogP contribution is -2.46. The van der Waals surface area contributed by atoms with Gasteiger partial charge in [-0.05, 0) is 31.9 Å². The maximum absolute atomic E-state index is 4.09. The number of hydrogen-bond acceptors (Lipinski definition) is 4. The molecule has 0 aromatic carbocycles. The molecule has 1 N–H and O–H groups in total. The number of rotatable bonds is 5. The Balaban J connectivity index is 1.45. The Morgan fingerprint density at radius 1 is 1.19 bits per heavy atom. The Labute approximate surface area is 126 Å². The second-order valence-electron chi connectivity index (χ2n) is 5.79. The second kappa shape index (κ2) is 6.72. The highest BCUT2D eigenvalue weighted by Crippen LogP contribution is 2.19. The van der Waals surface area contributed by atoms with Crippen LogP contribution in [0.1, 0.15) is 19.8 Å². The predicted molar refractivity (Wildman–Crippen MR) is 84.3 cm³/mol. The number of nitrogens with zero attached hydrogens (tertiary/aromatic N) is 4. The Bertz CT molecular complexity index is 517. The van der Waals surface area contributed by atoms with Crippen LogP contribution in [0.2, 0.25) is 0 Å². The molecule has 0 aliphatic carbocycles. The lowest BCUT2D eigenvalue weighted by Gasteiger charge is -2.35. The lowest BCUT2D eigenvalue weighted by molar-refractivity contribution is 0.355. The fourth-order valence-corrected chi connectivity index (χ4v) is 3.03. The van der Waals surface area contributed by atoms with Crippen molar-refractivity contribution in [2.75, 3.05) is 18.0 Å². The fraction of sp³-hybridized carbons (Fsp3) is 0.500. The summed E-state index contributed by atoms with van der Waals surface area (Å²) in [5.41, 5.74) is 1.29. The van der Waals surface area contributed by atoms with E-state index in [2.05, 4.69) is 43.8 Å². The smallest absolute Gasteiger partial charge is 0.0946 e. The minimum Gasteiger partial charge on any atom is -0.371 e. The SMILES string of the molecule is CC(Cn1ccnc1)NC1CCN(c2ccncc2)CC1. The number of nitrogens with one attached hydrogen (secondary N) is 1. The third-order valence-electron chi connectivity index (χ3n) is 4.09. The van der Waals surface area contributed by atoms with Gasteiger partial charge in [0.1, 0.15) is 0 Å². The van der Waals surface area contributed by atoms with Crippen LogP contribution in [0.4, 0.5) is 5.69 Å². The third-order valence-corrected chi connectivity index (χ3v) is 4.09. The van der Waals surface area contributed by atoms with Gasteiger partial charge in [-0.1, -0.05) is 0 Å². The van der Waals surface area contributed by atoms with Crippen LogP contribution in [0, 0.1) is 0 Å². The summed E-state index contributed by atoms with van der Waals surface area (Å²) in [4.78, 5) is 10.6. The van der Waals surface area contributed by atoms with E-state index in [1.165, 1.54) is 18.5 Å². The molecule has 1 fully saturated rings. The standard InChI is InChI=1S/C16H23N5/c1-14(12-20-11-8-18-13-20)19-15-4-9-21(10-5-15)16-2-6-17-7-3-16/h2-3,6-8,11,13-15,19H,4-5,9-10,12H2,1H3. The monoisotopic (exact) mass is 285 g/mol. The van der Waals surface area contributed by atoms with Crippen molar-refractivity contribution in [2.24, 2.45) is 0 Å². The molecule has 2 aromatic heterocycles. The highest BCUT2D eigenvalue weighted by atomic mass is 15.2. The van der Waals surface area contributed by atoms with Gasteiger partial charge in [-0.3, -0.25) is 4.98 Å². The molecule has 1 aliphatic heterocycles. The average Bonchev–Trinajstić information content (AvgIpc) is 3.02. The van der Waals surface area contributed by atoms with E-state index in [-0.39, 0.29) is 0 Å². The van der Waals surface area contributed by atoms with Crippen LogP contribution in [0.15, 0.2) is 43.2 Å². The molecule has 3 heterocycles. The van der Waals surface area contributed by atoms with Gasteiger partial charge >= 0.3 is 0 Å². The maximum atomic E-state index is 4.09. The van der Waals surface area contributed by atoms with E-state index >= 15 is 0 Å². The summed E-state index contributed by atoms with van der Waals surface area (Å²) >= 11 is 0. The largest absolute Gasteiger partial charge is 0.371 e. The molecule has 0 radical (unpaired) electrons. The highest BCUT2D eigenvalue weighted by Gasteiger charge is 2.20. The van der Waals surface area contributed by atoms with Crippen molar-refractivity contribution in [2.45, 2.75) is 38.4 Å². The Kier molecular flexibility index (Phi) is 4.50. The molecule has 3 rings (SSSR count). The van der Waals surface area contributed by atoms with E-state index in [4.69, 9.17) is 0 Å². The number of aromatic nitrogens is 3. The van der Waals surface area contributed by atoms with Crippen molar-refractivity contribution < 1.29 is 0 Å². The topological polar surface area (TPSA) is 46.0 Å². The first-order chi connectivity index (χ1) is 10.3. The number of imidazole rings is 1. The Morgan fingerprint density at radius 2 is 1.95 bits per heavy atom. The van der Waals surface area contributed by atoms with Crippen molar-refractivity contribution in [1.29, 1.82) is 0 Å². The summed E-state index contributed by atoms with van der Waals surface area (Å²) < 4.78 is 2.13. The van der Waals surface area contributed by atoms with E-state index in [0.717, 1.165) is 19.6 Å².